The average Bonchev–Trinajstić information content (AvgIpc) is 2.17. The fourth-order valence-corrected chi connectivity index (χ4v) is 3.16. The largest absolute Gasteiger partial charge is 0.299 e. The van der Waals surface area contributed by atoms with Crippen molar-refractivity contribution in [3.8, 4) is 0 Å². The molecule has 0 bridgehead atoms. The van der Waals surface area contributed by atoms with Crippen LogP contribution in [-0.4, -0.2) is 5.78 Å². The molecule has 1 fully saturated rings. The summed E-state index contributed by atoms with van der Waals surface area (Å²) in [5, 5.41) is 0. The molecule has 2 atom stereocenters. The molecule has 0 N–H and O–H groups in total. The second-order valence-electron chi connectivity index (χ2n) is 5.87. The molecule has 1 heteroatoms. The summed E-state index contributed by atoms with van der Waals surface area (Å²) in [4.78, 5) is 12.0. The topological polar surface area (TPSA) is 17.1 Å². The van der Waals surface area contributed by atoms with Crippen LogP contribution in [0.5, 0.6) is 0 Å². The normalized spacial score (nSPS) is 36.4. The predicted octanol–water partition coefficient (Wildman–Crippen LogP) is 3.74. The van der Waals surface area contributed by atoms with Gasteiger partial charge in [-0.3, -0.25) is 4.79 Å². The molecule has 1 nitrogen and oxygen atoms in total. The first kappa shape index (κ1) is 10.9. The molecule has 84 valence electrons. The van der Waals surface area contributed by atoms with Crippen LogP contribution < -0.4 is 0 Å². The Morgan fingerprint density at radius 1 is 1.47 bits per heavy atom. The molecule has 15 heavy (non-hydrogen) atoms. The molecule has 1 saturated carbocycles. The molecule has 0 amide bonds. The van der Waals surface area contributed by atoms with Crippen molar-refractivity contribution >= 4 is 5.78 Å². The van der Waals surface area contributed by atoms with Gasteiger partial charge < -0.3 is 0 Å². The molecule has 0 aromatic heterocycles. The van der Waals surface area contributed by atoms with Crippen molar-refractivity contribution < 1.29 is 4.79 Å². The fourth-order valence-electron chi connectivity index (χ4n) is 3.16. The third-order valence-electron chi connectivity index (χ3n) is 4.41. The standard InChI is InChI=1S/C14H22O/c1-10(2)11-6-8-14(3)7-4-5-13(15)12(14)9-11/h6,10,12H,4-5,7-9H2,1-3H3/t12-,14+/m1/s1. The highest BCUT2D eigenvalue weighted by molar-refractivity contribution is 5.83. The van der Waals surface area contributed by atoms with Gasteiger partial charge in [0.2, 0.25) is 0 Å². The Kier molecular flexibility index (Phi) is 2.74. The van der Waals surface area contributed by atoms with Crippen LogP contribution in [0.15, 0.2) is 11.6 Å². The minimum atomic E-state index is 0.285. The maximum atomic E-state index is 12.0. The summed E-state index contributed by atoms with van der Waals surface area (Å²) in [5.74, 6) is 1.47. The van der Waals surface area contributed by atoms with E-state index in [1.165, 1.54) is 12.0 Å². The molecule has 0 aromatic carbocycles. The number of Topliss-reactive ketones (excluding diaryl/α,β-unsaturated/α-hetero) is 1. The highest BCUT2D eigenvalue weighted by atomic mass is 16.1. The number of fused-ring (bicyclic) bond motifs is 1. The lowest BCUT2D eigenvalue weighted by Gasteiger charge is -2.44. The van der Waals surface area contributed by atoms with E-state index in [2.05, 4.69) is 26.8 Å². The molecule has 0 unspecified atom stereocenters. The Hall–Kier alpha value is -0.590. The van der Waals surface area contributed by atoms with Crippen molar-refractivity contribution in [3.63, 3.8) is 0 Å². The van der Waals surface area contributed by atoms with Gasteiger partial charge in [-0.25, -0.2) is 0 Å². The molecular weight excluding hydrogens is 184 g/mol. The Bertz CT molecular complexity index is 300. The summed E-state index contributed by atoms with van der Waals surface area (Å²) < 4.78 is 0. The van der Waals surface area contributed by atoms with Crippen LogP contribution in [0.3, 0.4) is 0 Å². The number of carbonyl (C=O) groups is 1. The number of carbonyl (C=O) groups excluding carboxylic acids is 1. The third kappa shape index (κ3) is 1.89. The lowest BCUT2D eigenvalue weighted by atomic mass is 9.60. The molecule has 0 aromatic rings. The maximum Gasteiger partial charge on any atom is 0.136 e. The Morgan fingerprint density at radius 3 is 2.87 bits per heavy atom. The predicted molar refractivity (Wildman–Crippen MR) is 62.6 cm³/mol. The van der Waals surface area contributed by atoms with Crippen LogP contribution in [0.2, 0.25) is 0 Å². The van der Waals surface area contributed by atoms with E-state index in [0.29, 0.717) is 17.6 Å². The Morgan fingerprint density at radius 2 is 2.20 bits per heavy atom. The lowest BCUT2D eigenvalue weighted by molar-refractivity contribution is -0.130. The van der Waals surface area contributed by atoms with Crippen LogP contribution in [-0.2, 0) is 4.79 Å². The third-order valence-corrected chi connectivity index (χ3v) is 4.41. The molecule has 2 aliphatic carbocycles. The summed E-state index contributed by atoms with van der Waals surface area (Å²) in [6.45, 7) is 6.78. The second-order valence-corrected chi connectivity index (χ2v) is 5.87. The van der Waals surface area contributed by atoms with E-state index >= 15 is 0 Å². The fraction of sp³-hybridized carbons (Fsp3) is 0.786. The van der Waals surface area contributed by atoms with Gasteiger partial charge in [-0.1, -0.05) is 32.4 Å². The van der Waals surface area contributed by atoms with Crippen LogP contribution >= 0.6 is 0 Å². The van der Waals surface area contributed by atoms with Gasteiger partial charge in [-0.15, -0.1) is 0 Å². The van der Waals surface area contributed by atoms with Gasteiger partial charge >= 0.3 is 0 Å². The molecule has 0 spiro atoms. The van der Waals surface area contributed by atoms with Gasteiger partial charge in [0.1, 0.15) is 5.78 Å². The number of hydrogen-bond acceptors (Lipinski definition) is 1. The van der Waals surface area contributed by atoms with Gasteiger partial charge in [0, 0.05) is 12.3 Å². The molecule has 0 aliphatic heterocycles. The van der Waals surface area contributed by atoms with Crippen LogP contribution in [0.25, 0.3) is 0 Å². The van der Waals surface area contributed by atoms with Crippen LogP contribution in [0, 0.1) is 17.3 Å². The molecule has 0 heterocycles. The van der Waals surface area contributed by atoms with E-state index in [1.54, 1.807) is 0 Å². The maximum absolute atomic E-state index is 12.0. The Labute approximate surface area is 92.9 Å². The van der Waals surface area contributed by atoms with E-state index in [1.807, 2.05) is 0 Å². The SMILES string of the molecule is CC(C)C1=CC[C@]2(C)CCCC(=O)[C@H]2C1. The first-order valence-corrected chi connectivity index (χ1v) is 6.24. The van der Waals surface area contributed by atoms with Crippen molar-refractivity contribution in [1.29, 1.82) is 0 Å². The summed E-state index contributed by atoms with van der Waals surface area (Å²) in [5.41, 5.74) is 1.79. The van der Waals surface area contributed by atoms with E-state index in [4.69, 9.17) is 0 Å². The van der Waals surface area contributed by atoms with Gasteiger partial charge in [0.25, 0.3) is 0 Å². The molecular formula is C14H22O. The highest BCUT2D eigenvalue weighted by Gasteiger charge is 2.43. The van der Waals surface area contributed by atoms with Crippen molar-refractivity contribution in [2.45, 2.75) is 52.9 Å². The minimum Gasteiger partial charge on any atom is -0.299 e. The van der Waals surface area contributed by atoms with E-state index in [0.717, 1.165) is 25.7 Å². The lowest BCUT2D eigenvalue weighted by Crippen LogP contribution is -2.39. The average molecular weight is 206 g/mol. The highest BCUT2D eigenvalue weighted by Crippen LogP contribution is 2.48. The van der Waals surface area contributed by atoms with Crippen molar-refractivity contribution in [2.75, 3.05) is 0 Å². The summed E-state index contributed by atoms with van der Waals surface area (Å²) >= 11 is 0. The monoisotopic (exact) mass is 206 g/mol. The summed E-state index contributed by atoms with van der Waals surface area (Å²) in [6.07, 6.45) is 7.73. The van der Waals surface area contributed by atoms with Gasteiger partial charge in [0.05, 0.1) is 0 Å². The first-order valence-electron chi connectivity index (χ1n) is 6.24. The van der Waals surface area contributed by atoms with Gasteiger partial charge in [-0.2, -0.15) is 0 Å². The van der Waals surface area contributed by atoms with Gasteiger partial charge in [-0.05, 0) is 37.0 Å². The van der Waals surface area contributed by atoms with Crippen molar-refractivity contribution in [1.82, 2.24) is 0 Å². The zero-order valence-corrected chi connectivity index (χ0v) is 10.2. The van der Waals surface area contributed by atoms with E-state index < -0.39 is 0 Å². The molecule has 0 radical (unpaired) electrons. The molecule has 2 rings (SSSR count). The number of ketones is 1. The number of allylic oxidation sites excluding steroid dienone is 2. The number of rotatable bonds is 1. The van der Waals surface area contributed by atoms with Crippen LogP contribution in [0.1, 0.15) is 52.9 Å². The van der Waals surface area contributed by atoms with E-state index in [9.17, 15) is 4.79 Å². The first-order chi connectivity index (χ1) is 7.03. The van der Waals surface area contributed by atoms with Gasteiger partial charge in [0.15, 0.2) is 0 Å². The zero-order chi connectivity index (χ0) is 11.1. The van der Waals surface area contributed by atoms with Crippen molar-refractivity contribution in [2.24, 2.45) is 17.3 Å². The molecule has 0 saturated heterocycles. The number of hydrogen-bond donors (Lipinski definition) is 0. The zero-order valence-electron chi connectivity index (χ0n) is 10.2. The van der Waals surface area contributed by atoms with Crippen LogP contribution in [0.4, 0.5) is 0 Å². The smallest absolute Gasteiger partial charge is 0.136 e. The Balaban J connectivity index is 2.23. The summed E-state index contributed by atoms with van der Waals surface area (Å²) in [6, 6.07) is 0. The second kappa shape index (κ2) is 3.77. The molecule has 2 aliphatic rings. The van der Waals surface area contributed by atoms with Crippen molar-refractivity contribution in [3.05, 3.63) is 11.6 Å². The minimum absolute atomic E-state index is 0.285. The quantitative estimate of drug-likeness (QED) is 0.597. The van der Waals surface area contributed by atoms with E-state index in [-0.39, 0.29) is 5.41 Å². The summed E-state index contributed by atoms with van der Waals surface area (Å²) in [7, 11) is 0.